The minimum Gasteiger partial charge on any atom is -0.312 e. The van der Waals surface area contributed by atoms with E-state index in [-0.39, 0.29) is 0 Å². The summed E-state index contributed by atoms with van der Waals surface area (Å²) in [5.41, 5.74) is 1.56. The standard InChI is InChI=1S/C14H16ClNS/c1-2-16-8-13-14(9-3-4-9)11-7-10(15)5-6-12(11)17-13/h5-7,9,16H,2-4,8H2,1H3. The van der Waals surface area contributed by atoms with E-state index in [9.17, 15) is 0 Å². The van der Waals surface area contributed by atoms with Crippen molar-refractivity contribution in [3.63, 3.8) is 0 Å². The number of halogens is 1. The van der Waals surface area contributed by atoms with E-state index in [4.69, 9.17) is 11.6 Å². The van der Waals surface area contributed by atoms with Crippen molar-refractivity contribution in [1.82, 2.24) is 5.32 Å². The van der Waals surface area contributed by atoms with Crippen LogP contribution in [0.15, 0.2) is 18.2 Å². The second-order valence-electron chi connectivity index (χ2n) is 4.63. The van der Waals surface area contributed by atoms with Crippen LogP contribution < -0.4 is 5.32 Å². The van der Waals surface area contributed by atoms with E-state index in [2.05, 4.69) is 24.4 Å². The predicted molar refractivity (Wildman–Crippen MR) is 76.2 cm³/mol. The summed E-state index contributed by atoms with van der Waals surface area (Å²) in [6.07, 6.45) is 2.69. The van der Waals surface area contributed by atoms with E-state index in [1.165, 1.54) is 27.8 Å². The Hall–Kier alpha value is -0.570. The van der Waals surface area contributed by atoms with Gasteiger partial charge in [0.25, 0.3) is 0 Å². The molecule has 1 aliphatic rings. The Kier molecular flexibility index (Phi) is 3.12. The normalized spacial score (nSPS) is 15.6. The molecular weight excluding hydrogens is 250 g/mol. The molecule has 0 amide bonds. The highest BCUT2D eigenvalue weighted by Crippen LogP contribution is 2.48. The summed E-state index contributed by atoms with van der Waals surface area (Å²) in [5, 5.41) is 5.68. The van der Waals surface area contributed by atoms with Crippen molar-refractivity contribution in [1.29, 1.82) is 0 Å². The number of benzene rings is 1. The largest absolute Gasteiger partial charge is 0.312 e. The minimum atomic E-state index is 0.788. The first-order valence-electron chi connectivity index (χ1n) is 6.21. The smallest absolute Gasteiger partial charge is 0.0413 e. The number of hydrogen-bond acceptors (Lipinski definition) is 2. The lowest BCUT2D eigenvalue weighted by atomic mass is 10.1. The Bertz CT molecular complexity index is 542. The molecule has 0 spiro atoms. The molecule has 17 heavy (non-hydrogen) atoms. The van der Waals surface area contributed by atoms with Gasteiger partial charge in [-0.25, -0.2) is 0 Å². The van der Waals surface area contributed by atoms with Crippen molar-refractivity contribution in [3.8, 4) is 0 Å². The molecule has 3 heteroatoms. The summed E-state index contributed by atoms with van der Waals surface area (Å²) in [7, 11) is 0. The monoisotopic (exact) mass is 265 g/mol. The molecule has 1 nitrogen and oxygen atoms in total. The number of hydrogen-bond donors (Lipinski definition) is 1. The number of thiophene rings is 1. The molecule has 1 heterocycles. The van der Waals surface area contributed by atoms with Crippen molar-refractivity contribution in [3.05, 3.63) is 33.7 Å². The molecule has 0 radical (unpaired) electrons. The first kappa shape index (κ1) is 11.5. The SMILES string of the molecule is CCNCc1sc2ccc(Cl)cc2c1C1CC1. The molecule has 0 saturated heterocycles. The lowest BCUT2D eigenvalue weighted by Gasteiger charge is -2.03. The topological polar surface area (TPSA) is 12.0 Å². The predicted octanol–water partition coefficient (Wildman–Crippen LogP) is 4.54. The van der Waals surface area contributed by atoms with Gasteiger partial charge in [0.15, 0.2) is 0 Å². The second kappa shape index (κ2) is 4.60. The average Bonchev–Trinajstić information content (AvgIpc) is 3.08. The molecule has 90 valence electrons. The van der Waals surface area contributed by atoms with Crippen LogP contribution in [0.5, 0.6) is 0 Å². The van der Waals surface area contributed by atoms with Gasteiger partial charge in [-0.1, -0.05) is 18.5 Å². The van der Waals surface area contributed by atoms with Gasteiger partial charge < -0.3 is 5.32 Å². The highest BCUT2D eigenvalue weighted by Gasteiger charge is 2.29. The molecule has 2 aromatic rings. The maximum absolute atomic E-state index is 6.12. The van der Waals surface area contributed by atoms with Gasteiger partial charge in [-0.15, -0.1) is 11.3 Å². The zero-order valence-electron chi connectivity index (χ0n) is 9.92. The zero-order chi connectivity index (χ0) is 11.8. The molecule has 0 atom stereocenters. The van der Waals surface area contributed by atoms with Gasteiger partial charge in [-0.05, 0) is 54.5 Å². The van der Waals surface area contributed by atoms with Gasteiger partial charge in [-0.2, -0.15) is 0 Å². The summed E-state index contributed by atoms with van der Waals surface area (Å²) in [6.45, 7) is 4.18. The van der Waals surface area contributed by atoms with Crippen molar-refractivity contribution < 1.29 is 0 Å². The van der Waals surface area contributed by atoms with Crippen molar-refractivity contribution in [2.24, 2.45) is 0 Å². The first-order valence-corrected chi connectivity index (χ1v) is 7.40. The lowest BCUT2D eigenvalue weighted by Crippen LogP contribution is -2.11. The molecule has 1 saturated carbocycles. The van der Waals surface area contributed by atoms with Gasteiger partial charge in [0.05, 0.1) is 0 Å². The van der Waals surface area contributed by atoms with E-state index in [1.807, 2.05) is 17.4 Å². The lowest BCUT2D eigenvalue weighted by molar-refractivity contribution is 0.730. The third-order valence-electron chi connectivity index (χ3n) is 3.29. The molecule has 1 N–H and O–H groups in total. The first-order chi connectivity index (χ1) is 8.29. The van der Waals surface area contributed by atoms with Gasteiger partial charge in [0, 0.05) is 21.1 Å². The Morgan fingerprint density at radius 3 is 2.94 bits per heavy atom. The van der Waals surface area contributed by atoms with Crippen LogP contribution in [0.3, 0.4) is 0 Å². The fourth-order valence-corrected chi connectivity index (χ4v) is 3.74. The van der Waals surface area contributed by atoms with E-state index < -0.39 is 0 Å². The Morgan fingerprint density at radius 2 is 2.24 bits per heavy atom. The van der Waals surface area contributed by atoms with Gasteiger partial charge in [-0.3, -0.25) is 0 Å². The summed E-state index contributed by atoms with van der Waals surface area (Å²) in [6, 6.07) is 6.29. The molecule has 0 unspecified atom stereocenters. The van der Waals surface area contributed by atoms with Crippen LogP contribution in [0.25, 0.3) is 10.1 Å². The van der Waals surface area contributed by atoms with Crippen molar-refractivity contribution in [2.75, 3.05) is 6.54 Å². The van der Waals surface area contributed by atoms with Gasteiger partial charge in [0.2, 0.25) is 0 Å². The molecule has 3 rings (SSSR count). The van der Waals surface area contributed by atoms with Crippen LogP contribution in [-0.4, -0.2) is 6.54 Å². The maximum Gasteiger partial charge on any atom is 0.0413 e. The average molecular weight is 266 g/mol. The molecular formula is C14H16ClNS. The van der Waals surface area contributed by atoms with Crippen molar-refractivity contribution in [2.45, 2.75) is 32.2 Å². The Balaban J connectivity index is 2.10. The van der Waals surface area contributed by atoms with E-state index in [0.29, 0.717) is 0 Å². The summed E-state index contributed by atoms with van der Waals surface area (Å²) in [4.78, 5) is 1.51. The molecule has 1 fully saturated rings. The fourth-order valence-electron chi connectivity index (χ4n) is 2.33. The van der Waals surface area contributed by atoms with Crippen LogP contribution >= 0.6 is 22.9 Å². The molecule has 0 bridgehead atoms. The van der Waals surface area contributed by atoms with E-state index in [1.54, 1.807) is 5.56 Å². The van der Waals surface area contributed by atoms with Crippen LogP contribution in [0, 0.1) is 0 Å². The van der Waals surface area contributed by atoms with Crippen LogP contribution in [0.1, 0.15) is 36.1 Å². The second-order valence-corrected chi connectivity index (χ2v) is 6.21. The zero-order valence-corrected chi connectivity index (χ0v) is 11.5. The molecule has 1 aromatic heterocycles. The van der Waals surface area contributed by atoms with Crippen LogP contribution in [0.4, 0.5) is 0 Å². The fraction of sp³-hybridized carbons (Fsp3) is 0.429. The Morgan fingerprint density at radius 1 is 1.41 bits per heavy atom. The summed E-state index contributed by atoms with van der Waals surface area (Å²) >= 11 is 8.04. The van der Waals surface area contributed by atoms with Gasteiger partial charge in [0.1, 0.15) is 0 Å². The van der Waals surface area contributed by atoms with E-state index in [0.717, 1.165) is 24.0 Å². The number of nitrogens with one attached hydrogen (secondary N) is 1. The molecule has 1 aliphatic carbocycles. The highest BCUT2D eigenvalue weighted by molar-refractivity contribution is 7.19. The third-order valence-corrected chi connectivity index (χ3v) is 4.71. The molecule has 1 aromatic carbocycles. The van der Waals surface area contributed by atoms with Crippen LogP contribution in [0.2, 0.25) is 5.02 Å². The summed E-state index contributed by atoms with van der Waals surface area (Å²) in [5.74, 6) is 0.788. The van der Waals surface area contributed by atoms with Gasteiger partial charge >= 0.3 is 0 Å². The maximum atomic E-state index is 6.12. The minimum absolute atomic E-state index is 0.788. The quantitative estimate of drug-likeness (QED) is 0.856. The van der Waals surface area contributed by atoms with Crippen molar-refractivity contribution >= 4 is 33.0 Å². The van der Waals surface area contributed by atoms with E-state index >= 15 is 0 Å². The Labute approximate surface area is 111 Å². The third kappa shape index (κ3) is 2.22. The summed E-state index contributed by atoms with van der Waals surface area (Å²) < 4.78 is 1.38. The number of rotatable bonds is 4. The number of fused-ring (bicyclic) bond motifs is 1. The van der Waals surface area contributed by atoms with Crippen LogP contribution in [-0.2, 0) is 6.54 Å². The highest BCUT2D eigenvalue weighted by atomic mass is 35.5. The molecule has 0 aliphatic heterocycles.